The van der Waals surface area contributed by atoms with Crippen LogP contribution in [0.15, 0.2) is 4.52 Å². The standard InChI is InChI=1S/C13H23N3O2/c1-5-17-13(8-6-7-9-13)10-15-11(18-16-10)12(2,3)14-4/h14H,5-9H2,1-4H3. The molecule has 5 nitrogen and oxygen atoms in total. The molecule has 0 bridgehead atoms. The molecule has 0 saturated heterocycles. The largest absolute Gasteiger partial charge is 0.367 e. The summed E-state index contributed by atoms with van der Waals surface area (Å²) in [4.78, 5) is 4.56. The highest BCUT2D eigenvalue weighted by molar-refractivity contribution is 5.07. The van der Waals surface area contributed by atoms with Gasteiger partial charge in [0.2, 0.25) is 11.7 Å². The fourth-order valence-electron chi connectivity index (χ4n) is 2.42. The zero-order chi connectivity index (χ0) is 13.2. The maximum atomic E-state index is 5.93. The van der Waals surface area contributed by atoms with Crippen LogP contribution in [0, 0.1) is 0 Å². The van der Waals surface area contributed by atoms with Crippen molar-refractivity contribution in [1.82, 2.24) is 15.5 Å². The second-order valence-corrected chi connectivity index (χ2v) is 5.43. The lowest BCUT2D eigenvalue weighted by Crippen LogP contribution is -2.34. The third-order valence-electron chi connectivity index (χ3n) is 3.83. The average molecular weight is 253 g/mol. The van der Waals surface area contributed by atoms with Gasteiger partial charge in [0, 0.05) is 6.61 Å². The molecule has 0 aliphatic heterocycles. The van der Waals surface area contributed by atoms with Crippen molar-refractivity contribution in [1.29, 1.82) is 0 Å². The summed E-state index contributed by atoms with van der Waals surface area (Å²) >= 11 is 0. The van der Waals surface area contributed by atoms with Gasteiger partial charge in [0.1, 0.15) is 5.60 Å². The van der Waals surface area contributed by atoms with Crippen LogP contribution in [0.25, 0.3) is 0 Å². The van der Waals surface area contributed by atoms with Crippen LogP contribution in [-0.4, -0.2) is 23.8 Å². The van der Waals surface area contributed by atoms with Gasteiger partial charge < -0.3 is 14.6 Å². The van der Waals surface area contributed by atoms with Gasteiger partial charge in [0.15, 0.2) is 0 Å². The van der Waals surface area contributed by atoms with Crippen molar-refractivity contribution in [2.24, 2.45) is 0 Å². The van der Waals surface area contributed by atoms with E-state index >= 15 is 0 Å². The van der Waals surface area contributed by atoms with Crippen molar-refractivity contribution in [2.45, 2.75) is 57.6 Å². The van der Waals surface area contributed by atoms with Gasteiger partial charge in [-0.15, -0.1) is 0 Å². The highest BCUT2D eigenvalue weighted by atomic mass is 16.5. The number of nitrogens with zero attached hydrogens (tertiary/aromatic N) is 2. The van der Waals surface area contributed by atoms with E-state index in [1.165, 1.54) is 12.8 Å². The van der Waals surface area contributed by atoms with E-state index in [9.17, 15) is 0 Å². The van der Waals surface area contributed by atoms with Crippen LogP contribution in [0.3, 0.4) is 0 Å². The van der Waals surface area contributed by atoms with E-state index in [2.05, 4.69) is 15.5 Å². The first kappa shape index (κ1) is 13.5. The van der Waals surface area contributed by atoms with Crippen molar-refractivity contribution in [3.63, 3.8) is 0 Å². The predicted molar refractivity (Wildman–Crippen MR) is 68.2 cm³/mol. The summed E-state index contributed by atoms with van der Waals surface area (Å²) in [6.07, 6.45) is 4.30. The minimum Gasteiger partial charge on any atom is -0.367 e. The second-order valence-electron chi connectivity index (χ2n) is 5.43. The molecule has 5 heteroatoms. The molecule has 0 aromatic carbocycles. The molecule has 1 heterocycles. The summed E-state index contributed by atoms with van der Waals surface area (Å²) in [5.74, 6) is 1.33. The van der Waals surface area contributed by atoms with Gasteiger partial charge in [-0.1, -0.05) is 5.16 Å². The SMILES string of the molecule is CCOC1(c2noc(C(C)(C)NC)n2)CCCC1. The Morgan fingerprint density at radius 2 is 2.06 bits per heavy atom. The Balaban J connectivity index is 2.28. The summed E-state index contributed by atoms with van der Waals surface area (Å²) in [6.45, 7) is 6.73. The normalized spacial score (nSPS) is 19.3. The van der Waals surface area contributed by atoms with Gasteiger partial charge in [-0.3, -0.25) is 0 Å². The van der Waals surface area contributed by atoms with Crippen LogP contribution in [0.4, 0.5) is 0 Å². The summed E-state index contributed by atoms with van der Waals surface area (Å²) in [7, 11) is 1.89. The van der Waals surface area contributed by atoms with Gasteiger partial charge in [0.05, 0.1) is 5.54 Å². The van der Waals surface area contributed by atoms with E-state index in [4.69, 9.17) is 9.26 Å². The van der Waals surface area contributed by atoms with E-state index in [1.807, 2.05) is 27.8 Å². The Morgan fingerprint density at radius 3 is 2.61 bits per heavy atom. The molecule has 1 aliphatic rings. The number of nitrogens with one attached hydrogen (secondary N) is 1. The minimum atomic E-state index is -0.319. The fourth-order valence-corrected chi connectivity index (χ4v) is 2.42. The van der Waals surface area contributed by atoms with Gasteiger partial charge in [-0.2, -0.15) is 4.98 Å². The minimum absolute atomic E-state index is 0.308. The summed E-state index contributed by atoms with van der Waals surface area (Å²) in [5.41, 5.74) is -0.627. The molecule has 1 aromatic heterocycles. The monoisotopic (exact) mass is 253 g/mol. The number of hydrogen-bond acceptors (Lipinski definition) is 5. The van der Waals surface area contributed by atoms with Crippen molar-refractivity contribution in [2.75, 3.05) is 13.7 Å². The number of aromatic nitrogens is 2. The van der Waals surface area contributed by atoms with Crippen LogP contribution in [0.1, 0.15) is 58.2 Å². The maximum absolute atomic E-state index is 5.93. The highest BCUT2D eigenvalue weighted by Crippen LogP contribution is 2.41. The fraction of sp³-hybridized carbons (Fsp3) is 0.846. The summed E-state index contributed by atoms with van der Waals surface area (Å²) in [5, 5.41) is 7.32. The molecule has 1 saturated carbocycles. The van der Waals surface area contributed by atoms with Crippen molar-refractivity contribution in [3.05, 3.63) is 11.7 Å². The van der Waals surface area contributed by atoms with E-state index < -0.39 is 0 Å². The molecule has 0 unspecified atom stereocenters. The molecule has 1 aromatic rings. The van der Waals surface area contributed by atoms with Crippen LogP contribution < -0.4 is 5.32 Å². The average Bonchev–Trinajstić information content (AvgIpc) is 2.98. The molecular weight excluding hydrogens is 230 g/mol. The Bertz CT molecular complexity index is 395. The number of ether oxygens (including phenoxy) is 1. The topological polar surface area (TPSA) is 60.2 Å². The number of rotatable bonds is 5. The molecular formula is C13H23N3O2. The first-order chi connectivity index (χ1) is 8.54. The Hall–Kier alpha value is -0.940. The van der Waals surface area contributed by atoms with Crippen molar-refractivity contribution >= 4 is 0 Å². The first-order valence-electron chi connectivity index (χ1n) is 6.71. The Kier molecular flexibility index (Phi) is 3.73. The third-order valence-corrected chi connectivity index (χ3v) is 3.83. The third kappa shape index (κ3) is 2.29. The lowest BCUT2D eigenvalue weighted by Gasteiger charge is -2.25. The van der Waals surface area contributed by atoms with Crippen LogP contribution in [0.5, 0.6) is 0 Å². The molecule has 1 fully saturated rings. The lowest BCUT2D eigenvalue weighted by molar-refractivity contribution is -0.0469. The summed E-state index contributed by atoms with van der Waals surface area (Å²) in [6, 6.07) is 0. The smallest absolute Gasteiger partial charge is 0.246 e. The van der Waals surface area contributed by atoms with E-state index in [-0.39, 0.29) is 11.1 Å². The molecule has 0 spiro atoms. The van der Waals surface area contributed by atoms with Gasteiger partial charge >= 0.3 is 0 Å². The van der Waals surface area contributed by atoms with Crippen LogP contribution >= 0.6 is 0 Å². The maximum Gasteiger partial charge on any atom is 0.246 e. The van der Waals surface area contributed by atoms with E-state index in [1.54, 1.807) is 0 Å². The zero-order valence-electron chi connectivity index (χ0n) is 11.7. The Labute approximate surface area is 108 Å². The first-order valence-corrected chi connectivity index (χ1v) is 6.71. The molecule has 0 atom stereocenters. The van der Waals surface area contributed by atoms with Gasteiger partial charge in [-0.25, -0.2) is 0 Å². The molecule has 102 valence electrons. The van der Waals surface area contributed by atoms with Crippen molar-refractivity contribution < 1.29 is 9.26 Å². The lowest BCUT2D eigenvalue weighted by atomic mass is 10.0. The molecule has 2 rings (SSSR count). The summed E-state index contributed by atoms with van der Waals surface area (Å²) < 4.78 is 11.3. The predicted octanol–water partition coefficient (Wildman–Crippen LogP) is 2.33. The van der Waals surface area contributed by atoms with Gasteiger partial charge in [0.25, 0.3) is 0 Å². The molecule has 1 N–H and O–H groups in total. The molecule has 0 amide bonds. The second kappa shape index (κ2) is 4.97. The highest BCUT2D eigenvalue weighted by Gasteiger charge is 2.41. The molecule has 18 heavy (non-hydrogen) atoms. The Morgan fingerprint density at radius 1 is 1.39 bits per heavy atom. The van der Waals surface area contributed by atoms with Crippen LogP contribution in [0.2, 0.25) is 0 Å². The molecule has 1 aliphatic carbocycles. The molecule has 0 radical (unpaired) electrons. The zero-order valence-corrected chi connectivity index (χ0v) is 11.7. The van der Waals surface area contributed by atoms with E-state index in [0.29, 0.717) is 18.3 Å². The number of hydrogen-bond donors (Lipinski definition) is 1. The quantitative estimate of drug-likeness (QED) is 0.872. The van der Waals surface area contributed by atoms with Gasteiger partial charge in [-0.05, 0) is 53.5 Å². The van der Waals surface area contributed by atoms with E-state index in [0.717, 1.165) is 12.8 Å². The van der Waals surface area contributed by atoms with Crippen LogP contribution in [-0.2, 0) is 15.9 Å². The van der Waals surface area contributed by atoms with Crippen molar-refractivity contribution in [3.8, 4) is 0 Å².